The van der Waals surface area contributed by atoms with Crippen LogP contribution in [-0.2, 0) is 4.74 Å². The van der Waals surface area contributed by atoms with Crippen molar-refractivity contribution in [2.24, 2.45) is 0 Å². The zero-order chi connectivity index (χ0) is 15.1. The minimum atomic E-state index is -0.0856. The minimum absolute atomic E-state index is 0.0526. The van der Waals surface area contributed by atoms with E-state index in [2.05, 4.69) is 30.7 Å². The van der Waals surface area contributed by atoms with E-state index in [1.165, 1.54) is 0 Å². The van der Waals surface area contributed by atoms with Crippen molar-refractivity contribution in [2.75, 3.05) is 38.0 Å². The lowest BCUT2D eigenvalue weighted by molar-refractivity contribution is 0.170. The molecule has 1 atom stereocenters. The number of aliphatic hydroxyl groups is 1. The molecule has 0 saturated heterocycles. The van der Waals surface area contributed by atoms with Crippen molar-refractivity contribution in [1.29, 1.82) is 0 Å². The van der Waals surface area contributed by atoms with Gasteiger partial charge in [0.15, 0.2) is 0 Å². The second kappa shape index (κ2) is 7.50. The average Bonchev–Trinajstić information content (AvgIpc) is 3.01. The van der Waals surface area contributed by atoms with Crippen LogP contribution < -0.4 is 10.6 Å². The summed E-state index contributed by atoms with van der Waals surface area (Å²) >= 11 is 0. The largest absolute Gasteiger partial charge is 0.396 e. The predicted octanol–water partition coefficient (Wildman–Crippen LogP) is -0.0917. The number of aromatic nitrogens is 5. The molecule has 21 heavy (non-hydrogen) atoms. The Hall–Kier alpha value is -2.26. The summed E-state index contributed by atoms with van der Waals surface area (Å²) in [6.07, 6.45) is 3.93. The first kappa shape index (κ1) is 15.1. The Kier molecular flexibility index (Phi) is 5.41. The third kappa shape index (κ3) is 4.10. The summed E-state index contributed by atoms with van der Waals surface area (Å²) in [5.74, 6) is 1.23. The normalized spacial score (nSPS) is 12.1. The third-order valence-corrected chi connectivity index (χ3v) is 2.74. The molecule has 0 aliphatic rings. The van der Waals surface area contributed by atoms with Crippen LogP contribution in [0.4, 0.5) is 11.9 Å². The van der Waals surface area contributed by atoms with Gasteiger partial charge in [0, 0.05) is 33.2 Å². The van der Waals surface area contributed by atoms with Crippen molar-refractivity contribution in [3.63, 3.8) is 0 Å². The smallest absolute Gasteiger partial charge is 0.257 e. The van der Waals surface area contributed by atoms with E-state index in [1.807, 2.05) is 0 Å². The van der Waals surface area contributed by atoms with Crippen molar-refractivity contribution in [3.05, 3.63) is 18.5 Å². The van der Waals surface area contributed by atoms with Crippen LogP contribution in [0.1, 0.15) is 6.42 Å². The molecule has 0 amide bonds. The van der Waals surface area contributed by atoms with E-state index in [1.54, 1.807) is 37.3 Å². The molecule has 0 aliphatic heterocycles. The Morgan fingerprint density at radius 3 is 2.76 bits per heavy atom. The van der Waals surface area contributed by atoms with E-state index >= 15 is 0 Å². The van der Waals surface area contributed by atoms with Gasteiger partial charge in [0.05, 0.1) is 12.6 Å². The van der Waals surface area contributed by atoms with Crippen molar-refractivity contribution in [2.45, 2.75) is 12.5 Å². The third-order valence-electron chi connectivity index (χ3n) is 2.74. The molecule has 2 aromatic heterocycles. The van der Waals surface area contributed by atoms with Crippen molar-refractivity contribution in [1.82, 2.24) is 24.7 Å². The van der Waals surface area contributed by atoms with Gasteiger partial charge in [-0.3, -0.25) is 0 Å². The zero-order valence-electron chi connectivity index (χ0n) is 12.0. The highest BCUT2D eigenvalue weighted by Crippen LogP contribution is 2.10. The highest BCUT2D eigenvalue weighted by molar-refractivity contribution is 5.38. The molecule has 2 heterocycles. The lowest BCUT2D eigenvalue weighted by atomic mass is 10.2. The Balaban J connectivity index is 2.23. The molecule has 0 saturated carbocycles. The van der Waals surface area contributed by atoms with E-state index in [4.69, 9.17) is 9.84 Å². The number of rotatable bonds is 8. The van der Waals surface area contributed by atoms with Crippen molar-refractivity contribution < 1.29 is 9.84 Å². The lowest BCUT2D eigenvalue weighted by Gasteiger charge is -2.17. The number of nitrogens with zero attached hydrogens (tertiary/aromatic N) is 5. The molecule has 9 nitrogen and oxygen atoms in total. The molecule has 0 aromatic carbocycles. The van der Waals surface area contributed by atoms with Gasteiger partial charge in [0.1, 0.15) is 0 Å². The highest BCUT2D eigenvalue weighted by Gasteiger charge is 2.12. The maximum absolute atomic E-state index is 9.07. The van der Waals surface area contributed by atoms with E-state index < -0.39 is 0 Å². The summed E-state index contributed by atoms with van der Waals surface area (Å²) < 4.78 is 6.66. The topological polar surface area (TPSA) is 110 Å². The van der Waals surface area contributed by atoms with Gasteiger partial charge in [-0.2, -0.15) is 20.1 Å². The molecule has 2 aromatic rings. The molecular formula is C12H19N7O2. The number of hydrogen-bond donors (Lipinski definition) is 3. The number of aliphatic hydroxyl groups excluding tert-OH is 1. The average molecular weight is 293 g/mol. The van der Waals surface area contributed by atoms with Gasteiger partial charge in [-0.05, 0) is 12.5 Å². The lowest BCUT2D eigenvalue weighted by Crippen LogP contribution is -2.27. The molecular weight excluding hydrogens is 274 g/mol. The molecule has 3 N–H and O–H groups in total. The molecule has 1 unspecified atom stereocenters. The van der Waals surface area contributed by atoms with Crippen LogP contribution in [0.2, 0.25) is 0 Å². The quantitative estimate of drug-likeness (QED) is 0.619. The molecule has 0 bridgehead atoms. The molecule has 114 valence electrons. The monoisotopic (exact) mass is 293 g/mol. The van der Waals surface area contributed by atoms with Crippen LogP contribution in [0.3, 0.4) is 0 Å². The van der Waals surface area contributed by atoms with Crippen LogP contribution in [0, 0.1) is 0 Å². The molecule has 0 spiro atoms. The Morgan fingerprint density at radius 2 is 2.14 bits per heavy atom. The van der Waals surface area contributed by atoms with Crippen molar-refractivity contribution in [3.8, 4) is 5.95 Å². The SMILES string of the molecule is CNc1nc(NC(CCO)COC)nc(-n2cccn2)n1. The van der Waals surface area contributed by atoms with E-state index in [0.29, 0.717) is 30.9 Å². The van der Waals surface area contributed by atoms with E-state index in [-0.39, 0.29) is 12.6 Å². The maximum atomic E-state index is 9.07. The summed E-state index contributed by atoms with van der Waals surface area (Å²) in [5, 5.41) is 19.2. The highest BCUT2D eigenvalue weighted by atomic mass is 16.5. The summed E-state index contributed by atoms with van der Waals surface area (Å²) in [4.78, 5) is 12.8. The Morgan fingerprint density at radius 1 is 1.33 bits per heavy atom. The van der Waals surface area contributed by atoms with Crippen LogP contribution >= 0.6 is 0 Å². The number of hydrogen-bond acceptors (Lipinski definition) is 8. The fourth-order valence-corrected chi connectivity index (χ4v) is 1.77. The van der Waals surface area contributed by atoms with Gasteiger partial charge in [-0.15, -0.1) is 0 Å². The van der Waals surface area contributed by atoms with Crippen LogP contribution in [0.25, 0.3) is 5.95 Å². The van der Waals surface area contributed by atoms with Crippen molar-refractivity contribution >= 4 is 11.9 Å². The summed E-state index contributed by atoms with van der Waals surface area (Å²) in [7, 11) is 3.33. The van der Waals surface area contributed by atoms with E-state index in [9.17, 15) is 0 Å². The fourth-order valence-electron chi connectivity index (χ4n) is 1.77. The minimum Gasteiger partial charge on any atom is -0.396 e. The number of anilines is 2. The number of methoxy groups -OCH3 is 1. The first-order valence-electron chi connectivity index (χ1n) is 6.57. The van der Waals surface area contributed by atoms with Crippen LogP contribution in [0.15, 0.2) is 18.5 Å². The molecule has 2 rings (SSSR count). The first-order chi connectivity index (χ1) is 10.3. The second-order valence-corrected chi connectivity index (χ2v) is 4.29. The van der Waals surface area contributed by atoms with Gasteiger partial charge in [0.25, 0.3) is 5.95 Å². The number of ether oxygens (including phenoxy) is 1. The van der Waals surface area contributed by atoms with Crippen LogP contribution in [-0.4, -0.2) is 63.3 Å². The first-order valence-corrected chi connectivity index (χ1v) is 6.57. The van der Waals surface area contributed by atoms with Gasteiger partial charge in [-0.1, -0.05) is 0 Å². The molecule has 0 radical (unpaired) electrons. The molecule has 9 heteroatoms. The Labute approximate surface area is 122 Å². The summed E-state index contributed by atoms with van der Waals surface area (Å²) in [6.45, 7) is 0.495. The molecule has 0 aliphatic carbocycles. The van der Waals surface area contributed by atoms with Gasteiger partial charge >= 0.3 is 0 Å². The van der Waals surface area contributed by atoms with Gasteiger partial charge < -0.3 is 20.5 Å². The van der Waals surface area contributed by atoms with Gasteiger partial charge in [-0.25, -0.2) is 4.68 Å². The van der Waals surface area contributed by atoms with Gasteiger partial charge in [0.2, 0.25) is 11.9 Å². The maximum Gasteiger partial charge on any atom is 0.257 e. The summed E-state index contributed by atoms with van der Waals surface area (Å²) in [6, 6.07) is 1.70. The Bertz CT molecular complexity index is 541. The summed E-state index contributed by atoms with van der Waals surface area (Å²) in [5.41, 5.74) is 0. The standard InChI is InChI=1S/C12H19N7O2/c1-13-10-16-11(15-9(4-7-20)8-21-2)18-12(17-10)19-6-3-5-14-19/h3,5-6,9,20H,4,7-8H2,1-2H3,(H2,13,15,16,17,18). The second-order valence-electron chi connectivity index (χ2n) is 4.29. The number of nitrogens with one attached hydrogen (secondary N) is 2. The fraction of sp³-hybridized carbons (Fsp3) is 0.500. The zero-order valence-corrected chi connectivity index (χ0v) is 12.0. The predicted molar refractivity (Wildman–Crippen MR) is 77.5 cm³/mol. The molecule has 0 fully saturated rings. The van der Waals surface area contributed by atoms with Crippen LogP contribution in [0.5, 0.6) is 0 Å². The van der Waals surface area contributed by atoms with E-state index in [0.717, 1.165) is 0 Å².